The Balaban J connectivity index is 3.04. The van der Waals surface area contributed by atoms with Crippen LogP contribution in [-0.2, 0) is 4.74 Å². The van der Waals surface area contributed by atoms with Crippen molar-refractivity contribution in [2.75, 3.05) is 13.2 Å². The summed E-state index contributed by atoms with van der Waals surface area (Å²) in [7, 11) is 0. The molecule has 0 aromatic heterocycles. The van der Waals surface area contributed by atoms with Crippen molar-refractivity contribution in [1.82, 2.24) is 0 Å². The molecule has 0 saturated heterocycles. The van der Waals surface area contributed by atoms with E-state index in [1.807, 2.05) is 0 Å². The Kier molecular flexibility index (Phi) is 4.65. The van der Waals surface area contributed by atoms with Crippen LogP contribution in [0.1, 0.15) is 33.6 Å². The highest BCUT2D eigenvalue weighted by Crippen LogP contribution is 2.06. The van der Waals surface area contributed by atoms with E-state index in [4.69, 9.17) is 4.74 Å². The smallest absolute Gasteiger partial charge is 0.0613 e. The van der Waals surface area contributed by atoms with Crippen molar-refractivity contribution in [3.05, 3.63) is 0 Å². The van der Waals surface area contributed by atoms with Crippen LogP contribution in [0.15, 0.2) is 0 Å². The van der Waals surface area contributed by atoms with Crippen LogP contribution in [-0.4, -0.2) is 23.9 Å². The van der Waals surface area contributed by atoms with Crippen molar-refractivity contribution in [3.63, 3.8) is 0 Å². The van der Waals surface area contributed by atoms with Gasteiger partial charge in [0.2, 0.25) is 0 Å². The lowest BCUT2D eigenvalue weighted by atomic mass is 10.1. The SMILES string of the molecule is CCCOCCC(C)(C)O. The minimum Gasteiger partial charge on any atom is -0.390 e. The van der Waals surface area contributed by atoms with Gasteiger partial charge in [0.15, 0.2) is 0 Å². The van der Waals surface area contributed by atoms with Crippen molar-refractivity contribution < 1.29 is 9.84 Å². The van der Waals surface area contributed by atoms with Gasteiger partial charge in [-0.05, 0) is 26.7 Å². The molecule has 0 saturated carbocycles. The Morgan fingerprint density at radius 1 is 1.30 bits per heavy atom. The van der Waals surface area contributed by atoms with Gasteiger partial charge in [0.25, 0.3) is 0 Å². The predicted octanol–water partition coefficient (Wildman–Crippen LogP) is 1.57. The second kappa shape index (κ2) is 4.69. The standard InChI is InChI=1S/C8H18O2/c1-4-6-10-7-5-8(2,3)9/h9H,4-7H2,1-3H3. The number of ether oxygens (including phenoxy) is 1. The van der Waals surface area contributed by atoms with Gasteiger partial charge in [-0.15, -0.1) is 0 Å². The molecule has 0 radical (unpaired) electrons. The third kappa shape index (κ3) is 7.92. The molecule has 62 valence electrons. The topological polar surface area (TPSA) is 29.5 Å². The molecule has 10 heavy (non-hydrogen) atoms. The number of rotatable bonds is 5. The quantitative estimate of drug-likeness (QED) is 0.597. The fraction of sp³-hybridized carbons (Fsp3) is 1.00. The van der Waals surface area contributed by atoms with Crippen molar-refractivity contribution in [1.29, 1.82) is 0 Å². The first-order valence-electron chi connectivity index (χ1n) is 3.86. The Morgan fingerprint density at radius 3 is 2.30 bits per heavy atom. The largest absolute Gasteiger partial charge is 0.390 e. The molecule has 0 rings (SSSR count). The average Bonchev–Trinajstić information content (AvgIpc) is 1.78. The molecule has 0 aliphatic carbocycles. The normalized spacial score (nSPS) is 12.0. The summed E-state index contributed by atoms with van der Waals surface area (Å²) in [5, 5.41) is 9.24. The van der Waals surface area contributed by atoms with E-state index in [2.05, 4.69) is 6.92 Å². The summed E-state index contributed by atoms with van der Waals surface area (Å²) < 4.78 is 5.20. The first-order valence-corrected chi connectivity index (χ1v) is 3.86. The van der Waals surface area contributed by atoms with Crippen LogP contribution < -0.4 is 0 Å². The summed E-state index contributed by atoms with van der Waals surface area (Å²) in [6.07, 6.45) is 1.76. The van der Waals surface area contributed by atoms with Crippen LogP contribution in [0.5, 0.6) is 0 Å². The highest BCUT2D eigenvalue weighted by atomic mass is 16.5. The Bertz CT molecular complexity index is 73.8. The molecule has 0 spiro atoms. The molecule has 0 atom stereocenters. The lowest BCUT2D eigenvalue weighted by Gasteiger charge is -2.16. The molecule has 0 unspecified atom stereocenters. The van der Waals surface area contributed by atoms with E-state index < -0.39 is 5.60 Å². The summed E-state index contributed by atoms with van der Waals surface area (Å²) in [6.45, 7) is 7.13. The maximum atomic E-state index is 9.24. The van der Waals surface area contributed by atoms with Gasteiger partial charge in [-0.1, -0.05) is 6.92 Å². The molecule has 0 aromatic rings. The summed E-state index contributed by atoms with van der Waals surface area (Å²) in [5.74, 6) is 0. The fourth-order valence-electron chi connectivity index (χ4n) is 0.568. The Labute approximate surface area is 63.2 Å². The van der Waals surface area contributed by atoms with Gasteiger partial charge in [0, 0.05) is 13.2 Å². The highest BCUT2D eigenvalue weighted by Gasteiger charge is 2.10. The number of hydrogen-bond donors (Lipinski definition) is 1. The Hall–Kier alpha value is -0.0800. The molecule has 0 aliphatic heterocycles. The predicted molar refractivity (Wildman–Crippen MR) is 42.0 cm³/mol. The van der Waals surface area contributed by atoms with Crippen molar-refractivity contribution in [3.8, 4) is 0 Å². The minimum atomic E-state index is -0.576. The molecule has 0 heterocycles. The average molecular weight is 146 g/mol. The molecule has 0 amide bonds. The number of aliphatic hydroxyl groups is 1. The number of hydrogen-bond acceptors (Lipinski definition) is 2. The first kappa shape index (κ1) is 9.92. The molecule has 0 fully saturated rings. The van der Waals surface area contributed by atoms with Gasteiger partial charge in [-0.2, -0.15) is 0 Å². The second-order valence-corrected chi connectivity index (χ2v) is 3.17. The zero-order valence-electron chi connectivity index (χ0n) is 7.18. The molecule has 2 nitrogen and oxygen atoms in total. The van der Waals surface area contributed by atoms with E-state index in [1.54, 1.807) is 13.8 Å². The third-order valence-electron chi connectivity index (χ3n) is 1.21. The zero-order chi connectivity index (χ0) is 8.04. The van der Waals surface area contributed by atoms with Gasteiger partial charge < -0.3 is 9.84 Å². The van der Waals surface area contributed by atoms with Crippen LogP contribution in [0, 0.1) is 0 Å². The molecule has 0 bridgehead atoms. The van der Waals surface area contributed by atoms with Gasteiger partial charge in [0.1, 0.15) is 0 Å². The molecule has 2 heteroatoms. The fourth-order valence-corrected chi connectivity index (χ4v) is 0.568. The summed E-state index contributed by atoms with van der Waals surface area (Å²) in [4.78, 5) is 0. The second-order valence-electron chi connectivity index (χ2n) is 3.17. The molecular weight excluding hydrogens is 128 g/mol. The van der Waals surface area contributed by atoms with Crippen LogP contribution in [0.2, 0.25) is 0 Å². The van der Waals surface area contributed by atoms with Crippen LogP contribution >= 0.6 is 0 Å². The van der Waals surface area contributed by atoms with Crippen LogP contribution in [0.3, 0.4) is 0 Å². The minimum absolute atomic E-state index is 0.576. The molecule has 0 aliphatic rings. The monoisotopic (exact) mass is 146 g/mol. The van der Waals surface area contributed by atoms with Crippen LogP contribution in [0.4, 0.5) is 0 Å². The zero-order valence-corrected chi connectivity index (χ0v) is 7.18. The molecule has 0 aromatic carbocycles. The van der Waals surface area contributed by atoms with Crippen molar-refractivity contribution in [2.45, 2.75) is 39.2 Å². The molecular formula is C8H18O2. The summed E-state index contributed by atoms with van der Waals surface area (Å²) in [5.41, 5.74) is -0.576. The molecule has 1 N–H and O–H groups in total. The highest BCUT2D eigenvalue weighted by molar-refractivity contribution is 4.63. The first-order chi connectivity index (χ1) is 4.56. The van der Waals surface area contributed by atoms with Gasteiger partial charge >= 0.3 is 0 Å². The van der Waals surface area contributed by atoms with Crippen molar-refractivity contribution >= 4 is 0 Å². The van der Waals surface area contributed by atoms with Crippen molar-refractivity contribution in [2.24, 2.45) is 0 Å². The van der Waals surface area contributed by atoms with E-state index in [0.717, 1.165) is 13.0 Å². The van der Waals surface area contributed by atoms with Gasteiger partial charge in [-0.25, -0.2) is 0 Å². The summed E-state index contributed by atoms with van der Waals surface area (Å²) in [6, 6.07) is 0. The lowest BCUT2D eigenvalue weighted by Crippen LogP contribution is -2.20. The maximum Gasteiger partial charge on any atom is 0.0613 e. The van der Waals surface area contributed by atoms with Gasteiger partial charge in [0.05, 0.1) is 5.60 Å². The Morgan fingerprint density at radius 2 is 1.90 bits per heavy atom. The van der Waals surface area contributed by atoms with E-state index in [1.165, 1.54) is 0 Å². The van der Waals surface area contributed by atoms with E-state index >= 15 is 0 Å². The third-order valence-corrected chi connectivity index (χ3v) is 1.21. The van der Waals surface area contributed by atoms with Gasteiger partial charge in [-0.3, -0.25) is 0 Å². The lowest BCUT2D eigenvalue weighted by molar-refractivity contribution is 0.0285. The van der Waals surface area contributed by atoms with Crippen LogP contribution in [0.25, 0.3) is 0 Å². The van der Waals surface area contributed by atoms with E-state index in [-0.39, 0.29) is 0 Å². The van der Waals surface area contributed by atoms with E-state index in [9.17, 15) is 5.11 Å². The maximum absolute atomic E-state index is 9.24. The summed E-state index contributed by atoms with van der Waals surface area (Å²) >= 11 is 0. The van der Waals surface area contributed by atoms with E-state index in [0.29, 0.717) is 13.0 Å².